The fourth-order valence-electron chi connectivity index (χ4n) is 1.66. The number of hydrogen-bond acceptors (Lipinski definition) is 6. The number of aromatic nitrogens is 3. The molecule has 0 atom stereocenters. The number of carbonyl (C=O) groups is 2. The molecular weight excluding hydrogens is 328 g/mol. The molecule has 0 aliphatic heterocycles. The fourth-order valence-corrected chi connectivity index (χ4v) is 2.55. The molecule has 0 aromatic carbocycles. The van der Waals surface area contributed by atoms with Crippen LogP contribution in [0.15, 0.2) is 17.8 Å². The Morgan fingerprint density at radius 1 is 1.50 bits per heavy atom. The number of halogens is 1. The molecule has 2 aromatic heterocycles. The summed E-state index contributed by atoms with van der Waals surface area (Å²) in [6, 6.07) is 0. The second-order valence-electron chi connectivity index (χ2n) is 4.35. The van der Waals surface area contributed by atoms with Crippen LogP contribution in [0.1, 0.15) is 19.0 Å². The minimum absolute atomic E-state index is 0.103. The molecule has 2 rings (SSSR count). The Kier molecular flexibility index (Phi) is 5.91. The van der Waals surface area contributed by atoms with Gasteiger partial charge in [0.05, 0.1) is 29.9 Å². The minimum atomic E-state index is -0.332. The molecule has 0 radical (unpaired) electrons. The number of nitrogens with zero attached hydrogens (tertiary/aromatic N) is 3. The van der Waals surface area contributed by atoms with Crippen molar-refractivity contribution in [3.63, 3.8) is 0 Å². The van der Waals surface area contributed by atoms with E-state index in [9.17, 15) is 9.59 Å². The number of nitrogens with one attached hydrogen (secondary N) is 1. The third-order valence-electron chi connectivity index (χ3n) is 2.60. The standard InChI is InChI=1S/C13H15ClN4O3S/c1-2-21-12(20)5-10-8-22-13(16-10)17-11(19)3-4-18-7-9(14)6-15-18/h6-8H,2-5H2,1H3,(H,16,17,19). The molecule has 0 saturated carbocycles. The third-order valence-corrected chi connectivity index (χ3v) is 3.60. The van der Waals surface area contributed by atoms with Crippen LogP contribution in [-0.2, 0) is 27.3 Å². The first kappa shape index (κ1) is 16.4. The number of thiazole rings is 1. The van der Waals surface area contributed by atoms with Crippen LogP contribution in [0, 0.1) is 0 Å². The number of anilines is 1. The van der Waals surface area contributed by atoms with Crippen molar-refractivity contribution in [1.82, 2.24) is 14.8 Å². The van der Waals surface area contributed by atoms with Crippen molar-refractivity contribution in [2.75, 3.05) is 11.9 Å². The first-order valence-electron chi connectivity index (χ1n) is 6.64. The van der Waals surface area contributed by atoms with Crippen LogP contribution < -0.4 is 5.32 Å². The van der Waals surface area contributed by atoms with Crippen molar-refractivity contribution in [3.8, 4) is 0 Å². The van der Waals surface area contributed by atoms with Gasteiger partial charge in [0.25, 0.3) is 0 Å². The molecule has 7 nitrogen and oxygen atoms in total. The van der Waals surface area contributed by atoms with Gasteiger partial charge in [-0.15, -0.1) is 11.3 Å². The van der Waals surface area contributed by atoms with Crippen LogP contribution in [0.2, 0.25) is 5.02 Å². The van der Waals surface area contributed by atoms with Gasteiger partial charge in [0.15, 0.2) is 5.13 Å². The highest BCUT2D eigenvalue weighted by Crippen LogP contribution is 2.16. The van der Waals surface area contributed by atoms with Crippen molar-refractivity contribution >= 4 is 39.9 Å². The van der Waals surface area contributed by atoms with E-state index in [1.165, 1.54) is 17.5 Å². The normalized spacial score (nSPS) is 10.5. The maximum atomic E-state index is 11.8. The molecule has 2 aromatic rings. The molecule has 118 valence electrons. The summed E-state index contributed by atoms with van der Waals surface area (Å²) in [5.41, 5.74) is 0.581. The van der Waals surface area contributed by atoms with Gasteiger partial charge in [0.2, 0.25) is 5.91 Å². The van der Waals surface area contributed by atoms with Crippen LogP contribution in [-0.4, -0.2) is 33.2 Å². The Morgan fingerprint density at radius 3 is 3.00 bits per heavy atom. The molecule has 1 N–H and O–H groups in total. The van der Waals surface area contributed by atoms with Gasteiger partial charge in [-0.25, -0.2) is 4.98 Å². The van der Waals surface area contributed by atoms with E-state index >= 15 is 0 Å². The van der Waals surface area contributed by atoms with Crippen molar-refractivity contribution in [3.05, 3.63) is 28.5 Å². The highest BCUT2D eigenvalue weighted by molar-refractivity contribution is 7.13. The van der Waals surface area contributed by atoms with Crippen LogP contribution in [0.3, 0.4) is 0 Å². The van der Waals surface area contributed by atoms with Gasteiger partial charge in [0, 0.05) is 24.5 Å². The number of hydrogen-bond donors (Lipinski definition) is 1. The highest BCUT2D eigenvalue weighted by atomic mass is 35.5. The molecule has 0 fully saturated rings. The summed E-state index contributed by atoms with van der Waals surface area (Å²) in [5.74, 6) is -0.509. The van der Waals surface area contributed by atoms with Gasteiger partial charge in [-0.3, -0.25) is 14.3 Å². The van der Waals surface area contributed by atoms with Gasteiger partial charge >= 0.3 is 5.97 Å². The molecule has 2 heterocycles. The highest BCUT2D eigenvalue weighted by Gasteiger charge is 2.10. The lowest BCUT2D eigenvalue weighted by molar-refractivity contribution is -0.142. The summed E-state index contributed by atoms with van der Waals surface area (Å²) in [6.07, 6.45) is 3.52. The van der Waals surface area contributed by atoms with E-state index in [-0.39, 0.29) is 24.7 Å². The molecule has 0 bridgehead atoms. The average Bonchev–Trinajstić information content (AvgIpc) is 3.06. The number of rotatable bonds is 7. The average molecular weight is 343 g/mol. The summed E-state index contributed by atoms with van der Waals surface area (Å²) in [4.78, 5) is 27.3. The predicted octanol–water partition coefficient (Wildman–Crippen LogP) is 2.13. The number of esters is 1. The van der Waals surface area contributed by atoms with Crippen LogP contribution >= 0.6 is 22.9 Å². The maximum Gasteiger partial charge on any atom is 0.311 e. The Balaban J connectivity index is 1.79. The van der Waals surface area contributed by atoms with Crippen molar-refractivity contribution in [2.45, 2.75) is 26.3 Å². The summed E-state index contributed by atoms with van der Waals surface area (Å²) >= 11 is 7.01. The zero-order valence-electron chi connectivity index (χ0n) is 11.9. The van der Waals surface area contributed by atoms with E-state index in [0.717, 1.165) is 0 Å². The van der Waals surface area contributed by atoms with E-state index in [4.69, 9.17) is 16.3 Å². The van der Waals surface area contributed by atoms with Gasteiger partial charge in [-0.2, -0.15) is 5.10 Å². The van der Waals surface area contributed by atoms with Crippen molar-refractivity contribution in [1.29, 1.82) is 0 Å². The second kappa shape index (κ2) is 7.90. The molecule has 0 saturated heterocycles. The predicted molar refractivity (Wildman–Crippen MR) is 82.9 cm³/mol. The topological polar surface area (TPSA) is 86.1 Å². The van der Waals surface area contributed by atoms with Gasteiger partial charge in [0.1, 0.15) is 0 Å². The quantitative estimate of drug-likeness (QED) is 0.779. The number of amides is 1. The van der Waals surface area contributed by atoms with Gasteiger partial charge < -0.3 is 10.1 Å². The third kappa shape index (κ3) is 5.12. The monoisotopic (exact) mass is 342 g/mol. The zero-order chi connectivity index (χ0) is 15.9. The van der Waals surface area contributed by atoms with E-state index < -0.39 is 0 Å². The van der Waals surface area contributed by atoms with Crippen LogP contribution in [0.5, 0.6) is 0 Å². The van der Waals surface area contributed by atoms with Crippen LogP contribution in [0.4, 0.5) is 5.13 Å². The molecule has 0 spiro atoms. The minimum Gasteiger partial charge on any atom is -0.466 e. The summed E-state index contributed by atoms with van der Waals surface area (Å²) in [6.45, 7) is 2.51. The second-order valence-corrected chi connectivity index (χ2v) is 5.64. The molecule has 0 unspecified atom stereocenters. The molecule has 0 aliphatic carbocycles. The van der Waals surface area contributed by atoms with E-state index in [1.54, 1.807) is 23.2 Å². The lowest BCUT2D eigenvalue weighted by Gasteiger charge is -2.02. The molecule has 9 heteroatoms. The van der Waals surface area contributed by atoms with E-state index in [1.807, 2.05) is 0 Å². The summed E-state index contributed by atoms with van der Waals surface area (Å²) < 4.78 is 6.44. The first-order valence-corrected chi connectivity index (χ1v) is 7.90. The van der Waals surface area contributed by atoms with Gasteiger partial charge in [-0.05, 0) is 6.92 Å². The van der Waals surface area contributed by atoms with E-state index in [0.29, 0.717) is 29.0 Å². The number of ether oxygens (including phenoxy) is 1. The van der Waals surface area contributed by atoms with Crippen molar-refractivity contribution < 1.29 is 14.3 Å². The van der Waals surface area contributed by atoms with Gasteiger partial charge in [-0.1, -0.05) is 11.6 Å². The largest absolute Gasteiger partial charge is 0.466 e. The molecular formula is C13H15ClN4O3S. The molecule has 1 amide bonds. The Labute approximate surface area is 136 Å². The Hall–Kier alpha value is -1.93. The Bertz CT molecular complexity index is 655. The SMILES string of the molecule is CCOC(=O)Cc1csc(NC(=O)CCn2cc(Cl)cn2)n1. The lowest BCUT2D eigenvalue weighted by Crippen LogP contribution is -2.14. The maximum absolute atomic E-state index is 11.8. The van der Waals surface area contributed by atoms with E-state index in [2.05, 4.69) is 15.4 Å². The fraction of sp³-hybridized carbons (Fsp3) is 0.385. The summed E-state index contributed by atoms with van der Waals surface area (Å²) in [7, 11) is 0. The molecule has 22 heavy (non-hydrogen) atoms. The molecule has 0 aliphatic rings. The smallest absolute Gasteiger partial charge is 0.311 e. The lowest BCUT2D eigenvalue weighted by atomic mass is 10.3. The Morgan fingerprint density at radius 2 is 2.32 bits per heavy atom. The first-order chi connectivity index (χ1) is 10.6. The van der Waals surface area contributed by atoms with Crippen LogP contribution in [0.25, 0.3) is 0 Å². The zero-order valence-corrected chi connectivity index (χ0v) is 13.5. The number of carbonyl (C=O) groups excluding carboxylic acids is 2. The summed E-state index contributed by atoms with van der Waals surface area (Å²) in [5, 5.41) is 9.39. The number of aryl methyl sites for hydroxylation is 1. The van der Waals surface area contributed by atoms with Crippen molar-refractivity contribution in [2.24, 2.45) is 0 Å².